The molecular weight excluding hydrogens is 297 g/mol. The van der Waals surface area contributed by atoms with Crippen molar-refractivity contribution in [2.45, 2.75) is 19.3 Å². The zero-order chi connectivity index (χ0) is 16.1. The normalized spacial score (nSPS) is 12.2. The Morgan fingerprint density at radius 3 is 2.78 bits per heavy atom. The van der Waals surface area contributed by atoms with Gasteiger partial charge in [0.1, 0.15) is 5.82 Å². The molecule has 23 heavy (non-hydrogen) atoms. The molecule has 0 saturated carbocycles. The molecule has 5 heteroatoms. The van der Waals surface area contributed by atoms with Crippen molar-refractivity contribution in [1.29, 1.82) is 0 Å². The first-order chi connectivity index (χ1) is 11.2. The summed E-state index contributed by atoms with van der Waals surface area (Å²) in [6.45, 7) is 0.677. The molecule has 1 heterocycles. The van der Waals surface area contributed by atoms with Gasteiger partial charge in [0.25, 0.3) is 0 Å². The van der Waals surface area contributed by atoms with Gasteiger partial charge in [-0.2, -0.15) is 0 Å². The summed E-state index contributed by atoms with van der Waals surface area (Å²) in [6, 6.07) is 12.3. The summed E-state index contributed by atoms with van der Waals surface area (Å²) >= 11 is 0. The Bertz CT molecular complexity index is 702. The molecule has 0 aromatic heterocycles. The maximum atomic E-state index is 13.5. The first-order valence-corrected chi connectivity index (χ1v) is 7.61. The Morgan fingerprint density at radius 2 is 1.91 bits per heavy atom. The molecule has 1 amide bonds. The second-order valence-electron chi connectivity index (χ2n) is 5.38. The molecule has 0 atom stereocenters. The van der Waals surface area contributed by atoms with Crippen molar-refractivity contribution in [2.75, 3.05) is 13.3 Å². The molecule has 0 spiro atoms. The second-order valence-corrected chi connectivity index (χ2v) is 5.38. The molecule has 0 radical (unpaired) electrons. The number of rotatable bonds is 6. The van der Waals surface area contributed by atoms with Crippen molar-refractivity contribution in [3.05, 3.63) is 59.4 Å². The van der Waals surface area contributed by atoms with Gasteiger partial charge < -0.3 is 14.8 Å². The molecule has 0 saturated heterocycles. The van der Waals surface area contributed by atoms with Gasteiger partial charge in [0.2, 0.25) is 12.7 Å². The number of carbonyl (C=O) groups excluding carboxylic acids is 1. The first-order valence-electron chi connectivity index (χ1n) is 7.61. The van der Waals surface area contributed by atoms with Gasteiger partial charge in [-0.05, 0) is 42.2 Å². The maximum absolute atomic E-state index is 13.5. The number of fused-ring (bicyclic) bond motifs is 1. The van der Waals surface area contributed by atoms with Crippen LogP contribution in [0.1, 0.15) is 17.5 Å². The molecule has 0 bridgehead atoms. The van der Waals surface area contributed by atoms with E-state index in [2.05, 4.69) is 5.32 Å². The van der Waals surface area contributed by atoms with Crippen LogP contribution in [-0.4, -0.2) is 19.2 Å². The molecule has 2 aromatic rings. The molecule has 2 aromatic carbocycles. The molecule has 0 aliphatic carbocycles. The minimum atomic E-state index is -0.234. The lowest BCUT2D eigenvalue weighted by Gasteiger charge is -2.07. The second kappa shape index (κ2) is 7.13. The minimum absolute atomic E-state index is 0.0426. The number of nitrogens with one attached hydrogen (secondary N) is 1. The van der Waals surface area contributed by atoms with Crippen LogP contribution in [0.2, 0.25) is 0 Å². The van der Waals surface area contributed by atoms with Gasteiger partial charge >= 0.3 is 0 Å². The molecule has 4 nitrogen and oxygen atoms in total. The van der Waals surface area contributed by atoms with E-state index in [0.717, 1.165) is 17.1 Å². The predicted molar refractivity (Wildman–Crippen MR) is 84.0 cm³/mol. The van der Waals surface area contributed by atoms with Crippen molar-refractivity contribution < 1.29 is 18.7 Å². The number of hydrogen-bond acceptors (Lipinski definition) is 3. The van der Waals surface area contributed by atoms with Crippen LogP contribution in [-0.2, 0) is 17.6 Å². The Labute approximate surface area is 134 Å². The van der Waals surface area contributed by atoms with E-state index in [1.807, 2.05) is 18.2 Å². The summed E-state index contributed by atoms with van der Waals surface area (Å²) in [7, 11) is 0. The number of amides is 1. The molecule has 1 aliphatic heterocycles. The van der Waals surface area contributed by atoms with Crippen LogP contribution < -0.4 is 14.8 Å². The van der Waals surface area contributed by atoms with Crippen LogP contribution >= 0.6 is 0 Å². The van der Waals surface area contributed by atoms with E-state index in [0.29, 0.717) is 31.4 Å². The van der Waals surface area contributed by atoms with Crippen molar-refractivity contribution in [3.8, 4) is 11.5 Å². The summed E-state index contributed by atoms with van der Waals surface area (Å²) < 4.78 is 24.0. The Morgan fingerprint density at radius 1 is 1.09 bits per heavy atom. The summed E-state index contributed by atoms with van der Waals surface area (Å²) in [5, 5.41) is 2.82. The maximum Gasteiger partial charge on any atom is 0.231 e. The van der Waals surface area contributed by atoms with Gasteiger partial charge in [0.05, 0.1) is 0 Å². The van der Waals surface area contributed by atoms with Crippen LogP contribution in [0.5, 0.6) is 11.5 Å². The van der Waals surface area contributed by atoms with Crippen LogP contribution in [0.15, 0.2) is 42.5 Å². The summed E-state index contributed by atoms with van der Waals surface area (Å²) in [4.78, 5) is 11.9. The standard InChI is InChI=1S/C18H18FNO3/c19-15-4-2-1-3-14(15)9-10-20-18(21)8-6-13-5-7-16-17(11-13)23-12-22-16/h1-5,7,11H,6,8-10,12H2,(H,20,21). The van der Waals surface area contributed by atoms with E-state index in [1.165, 1.54) is 6.07 Å². The Balaban J connectivity index is 1.42. The lowest BCUT2D eigenvalue weighted by Crippen LogP contribution is -2.26. The molecule has 120 valence electrons. The zero-order valence-electron chi connectivity index (χ0n) is 12.7. The zero-order valence-corrected chi connectivity index (χ0v) is 12.7. The summed E-state index contributed by atoms with van der Waals surface area (Å²) in [6.07, 6.45) is 1.50. The SMILES string of the molecule is O=C(CCc1ccc2c(c1)OCO2)NCCc1ccccc1F. The highest BCUT2D eigenvalue weighted by atomic mass is 19.1. The van der Waals surface area contributed by atoms with E-state index >= 15 is 0 Å². The van der Waals surface area contributed by atoms with E-state index in [4.69, 9.17) is 9.47 Å². The third-order valence-corrected chi connectivity index (χ3v) is 3.75. The van der Waals surface area contributed by atoms with Crippen molar-refractivity contribution >= 4 is 5.91 Å². The van der Waals surface area contributed by atoms with Crippen LogP contribution in [0, 0.1) is 5.82 Å². The fourth-order valence-corrected chi connectivity index (χ4v) is 2.48. The fraction of sp³-hybridized carbons (Fsp3) is 0.278. The molecule has 1 N–H and O–H groups in total. The molecule has 1 aliphatic rings. The third-order valence-electron chi connectivity index (χ3n) is 3.75. The third kappa shape index (κ3) is 4.00. The van der Waals surface area contributed by atoms with E-state index < -0.39 is 0 Å². The van der Waals surface area contributed by atoms with E-state index in [9.17, 15) is 9.18 Å². The quantitative estimate of drug-likeness (QED) is 0.892. The lowest BCUT2D eigenvalue weighted by molar-refractivity contribution is -0.121. The van der Waals surface area contributed by atoms with Crippen molar-refractivity contribution in [2.24, 2.45) is 0 Å². The van der Waals surface area contributed by atoms with Crippen LogP contribution in [0.4, 0.5) is 4.39 Å². The highest BCUT2D eigenvalue weighted by Crippen LogP contribution is 2.32. The predicted octanol–water partition coefficient (Wildman–Crippen LogP) is 2.85. The number of aryl methyl sites for hydroxylation is 1. The molecule has 3 rings (SSSR count). The van der Waals surface area contributed by atoms with Crippen molar-refractivity contribution in [1.82, 2.24) is 5.32 Å². The summed E-state index contributed by atoms with van der Waals surface area (Å²) in [5.41, 5.74) is 1.64. The lowest BCUT2D eigenvalue weighted by atomic mass is 10.1. The minimum Gasteiger partial charge on any atom is -0.454 e. The summed E-state index contributed by atoms with van der Waals surface area (Å²) in [5.74, 6) is 1.19. The Hall–Kier alpha value is -2.56. The van der Waals surface area contributed by atoms with Gasteiger partial charge in [-0.3, -0.25) is 4.79 Å². The molecule has 0 fully saturated rings. The highest BCUT2D eigenvalue weighted by molar-refractivity contribution is 5.76. The van der Waals surface area contributed by atoms with Gasteiger partial charge in [-0.25, -0.2) is 4.39 Å². The van der Waals surface area contributed by atoms with Gasteiger partial charge in [0.15, 0.2) is 11.5 Å². The van der Waals surface area contributed by atoms with Crippen molar-refractivity contribution in [3.63, 3.8) is 0 Å². The number of hydrogen-bond donors (Lipinski definition) is 1. The molecular formula is C18H18FNO3. The number of benzene rings is 2. The monoisotopic (exact) mass is 315 g/mol. The largest absolute Gasteiger partial charge is 0.454 e. The van der Waals surface area contributed by atoms with Gasteiger partial charge in [0, 0.05) is 13.0 Å². The fourth-order valence-electron chi connectivity index (χ4n) is 2.48. The number of halogens is 1. The highest BCUT2D eigenvalue weighted by Gasteiger charge is 2.13. The first kappa shape index (κ1) is 15.3. The van der Waals surface area contributed by atoms with E-state index in [1.54, 1.807) is 18.2 Å². The Kier molecular flexibility index (Phi) is 4.76. The van der Waals surface area contributed by atoms with Crippen LogP contribution in [0.3, 0.4) is 0 Å². The molecule has 0 unspecified atom stereocenters. The number of ether oxygens (including phenoxy) is 2. The average molecular weight is 315 g/mol. The smallest absolute Gasteiger partial charge is 0.231 e. The van der Waals surface area contributed by atoms with E-state index in [-0.39, 0.29) is 18.5 Å². The van der Waals surface area contributed by atoms with Gasteiger partial charge in [-0.15, -0.1) is 0 Å². The average Bonchev–Trinajstić information content (AvgIpc) is 3.02. The van der Waals surface area contributed by atoms with Crippen LogP contribution in [0.25, 0.3) is 0 Å². The number of carbonyl (C=O) groups is 1. The topological polar surface area (TPSA) is 47.6 Å². The van der Waals surface area contributed by atoms with Gasteiger partial charge in [-0.1, -0.05) is 24.3 Å².